The average molecular weight is 407 g/mol. The number of amides is 2. The zero-order valence-electron chi connectivity index (χ0n) is 17.0. The standard InChI is InChI=1S/C23H25N3O4/c1-2-29-19-10-8-18(9-11-19)25(15-5-14-24)22(27)12-13-23(28)26-16-17-30-21-7-4-3-6-20(21)26/h3-4,6-11H,2,5,12-13,15-17H2,1H3. The molecule has 0 saturated heterocycles. The van der Waals surface area contributed by atoms with E-state index in [0.29, 0.717) is 31.2 Å². The van der Waals surface area contributed by atoms with Crippen LogP contribution in [0.2, 0.25) is 0 Å². The molecular formula is C23H25N3O4. The number of ether oxygens (including phenoxy) is 2. The normalized spacial score (nSPS) is 12.3. The highest BCUT2D eigenvalue weighted by Crippen LogP contribution is 2.31. The van der Waals surface area contributed by atoms with Gasteiger partial charge in [0.2, 0.25) is 11.8 Å². The second-order valence-corrected chi connectivity index (χ2v) is 6.74. The summed E-state index contributed by atoms with van der Waals surface area (Å²) >= 11 is 0. The lowest BCUT2D eigenvalue weighted by Gasteiger charge is -2.29. The molecule has 7 nitrogen and oxygen atoms in total. The van der Waals surface area contributed by atoms with Gasteiger partial charge in [0.05, 0.1) is 31.3 Å². The van der Waals surface area contributed by atoms with Crippen LogP contribution in [0.15, 0.2) is 48.5 Å². The summed E-state index contributed by atoms with van der Waals surface area (Å²) in [6, 6.07) is 16.6. The third kappa shape index (κ3) is 5.09. The Morgan fingerprint density at radius 3 is 2.67 bits per heavy atom. The largest absolute Gasteiger partial charge is 0.494 e. The van der Waals surface area contributed by atoms with Crippen molar-refractivity contribution in [3.63, 3.8) is 0 Å². The Morgan fingerprint density at radius 1 is 1.17 bits per heavy atom. The van der Waals surface area contributed by atoms with Crippen molar-refractivity contribution in [2.24, 2.45) is 0 Å². The maximum absolute atomic E-state index is 12.9. The summed E-state index contributed by atoms with van der Waals surface area (Å²) in [5, 5.41) is 8.96. The van der Waals surface area contributed by atoms with E-state index in [2.05, 4.69) is 6.07 Å². The molecule has 156 valence electrons. The van der Waals surface area contributed by atoms with Crippen molar-refractivity contribution < 1.29 is 19.1 Å². The summed E-state index contributed by atoms with van der Waals surface area (Å²) in [6.45, 7) is 3.62. The number of carbonyl (C=O) groups excluding carboxylic acids is 2. The molecular weight excluding hydrogens is 382 g/mol. The minimum Gasteiger partial charge on any atom is -0.494 e. The summed E-state index contributed by atoms with van der Waals surface area (Å²) < 4.78 is 11.0. The Labute approximate surface area is 176 Å². The zero-order valence-corrected chi connectivity index (χ0v) is 17.0. The van der Waals surface area contributed by atoms with Gasteiger partial charge in [0.25, 0.3) is 0 Å². The maximum Gasteiger partial charge on any atom is 0.227 e. The Balaban J connectivity index is 1.66. The number of para-hydroxylation sites is 2. The van der Waals surface area contributed by atoms with Gasteiger partial charge in [-0.1, -0.05) is 12.1 Å². The van der Waals surface area contributed by atoms with Crippen molar-refractivity contribution in [1.82, 2.24) is 0 Å². The van der Waals surface area contributed by atoms with E-state index in [4.69, 9.17) is 14.7 Å². The Morgan fingerprint density at radius 2 is 1.93 bits per heavy atom. The van der Waals surface area contributed by atoms with Gasteiger partial charge in [0.1, 0.15) is 18.1 Å². The molecule has 0 spiro atoms. The fraction of sp³-hybridized carbons (Fsp3) is 0.348. The van der Waals surface area contributed by atoms with Gasteiger partial charge in [-0.15, -0.1) is 0 Å². The smallest absolute Gasteiger partial charge is 0.227 e. The minimum atomic E-state index is -0.190. The first-order chi connectivity index (χ1) is 14.6. The molecule has 0 bridgehead atoms. The molecule has 1 heterocycles. The third-order valence-corrected chi connectivity index (χ3v) is 4.79. The summed E-state index contributed by atoms with van der Waals surface area (Å²) in [6.07, 6.45) is 0.369. The van der Waals surface area contributed by atoms with Crippen molar-refractivity contribution in [2.45, 2.75) is 26.2 Å². The van der Waals surface area contributed by atoms with Crippen LogP contribution in [-0.2, 0) is 9.59 Å². The van der Waals surface area contributed by atoms with Gasteiger partial charge >= 0.3 is 0 Å². The number of hydrogen-bond acceptors (Lipinski definition) is 5. The van der Waals surface area contributed by atoms with E-state index in [1.807, 2.05) is 31.2 Å². The molecule has 3 rings (SSSR count). The van der Waals surface area contributed by atoms with Crippen molar-refractivity contribution in [1.29, 1.82) is 5.26 Å². The van der Waals surface area contributed by atoms with Crippen molar-refractivity contribution >= 4 is 23.2 Å². The van der Waals surface area contributed by atoms with Gasteiger partial charge in [0, 0.05) is 25.1 Å². The summed E-state index contributed by atoms with van der Waals surface area (Å²) in [7, 11) is 0. The molecule has 2 amide bonds. The molecule has 0 radical (unpaired) electrons. The molecule has 0 N–H and O–H groups in total. The Hall–Kier alpha value is -3.53. The number of carbonyl (C=O) groups is 2. The zero-order chi connectivity index (χ0) is 21.3. The lowest BCUT2D eigenvalue weighted by Crippen LogP contribution is -2.39. The third-order valence-electron chi connectivity index (χ3n) is 4.79. The molecule has 0 fully saturated rings. The monoisotopic (exact) mass is 407 g/mol. The number of benzene rings is 2. The van der Waals surface area contributed by atoms with Gasteiger partial charge in [0.15, 0.2) is 0 Å². The van der Waals surface area contributed by atoms with E-state index >= 15 is 0 Å². The number of anilines is 2. The van der Waals surface area contributed by atoms with Crippen LogP contribution < -0.4 is 19.3 Å². The SMILES string of the molecule is CCOc1ccc(N(CCC#N)C(=O)CCC(=O)N2CCOc3ccccc32)cc1. The molecule has 1 aliphatic heterocycles. The predicted molar refractivity (Wildman–Crippen MR) is 114 cm³/mol. The highest BCUT2D eigenvalue weighted by molar-refractivity contribution is 6.00. The Bertz CT molecular complexity index is 921. The highest BCUT2D eigenvalue weighted by atomic mass is 16.5. The maximum atomic E-state index is 12.9. The van der Waals surface area contributed by atoms with E-state index in [0.717, 1.165) is 11.4 Å². The Kier molecular flexibility index (Phi) is 7.28. The van der Waals surface area contributed by atoms with Crippen LogP contribution in [0, 0.1) is 11.3 Å². The summed E-state index contributed by atoms with van der Waals surface area (Å²) in [4.78, 5) is 28.9. The van der Waals surface area contributed by atoms with E-state index in [1.165, 1.54) is 0 Å². The second-order valence-electron chi connectivity index (χ2n) is 6.74. The molecule has 0 aliphatic carbocycles. The number of fused-ring (bicyclic) bond motifs is 1. The quantitative estimate of drug-likeness (QED) is 0.668. The van der Waals surface area contributed by atoms with Crippen molar-refractivity contribution in [3.8, 4) is 17.6 Å². The van der Waals surface area contributed by atoms with Crippen LogP contribution in [0.25, 0.3) is 0 Å². The van der Waals surface area contributed by atoms with Crippen LogP contribution in [0.5, 0.6) is 11.5 Å². The minimum absolute atomic E-state index is 0.0665. The molecule has 0 aromatic heterocycles. The number of nitrogens with zero attached hydrogens (tertiary/aromatic N) is 3. The van der Waals surface area contributed by atoms with Crippen LogP contribution in [0.4, 0.5) is 11.4 Å². The number of nitriles is 1. The van der Waals surface area contributed by atoms with Gasteiger partial charge in [-0.2, -0.15) is 5.26 Å². The molecule has 0 saturated carbocycles. The van der Waals surface area contributed by atoms with Gasteiger partial charge < -0.3 is 19.3 Å². The highest BCUT2D eigenvalue weighted by Gasteiger charge is 2.24. The molecule has 0 atom stereocenters. The van der Waals surface area contributed by atoms with Crippen molar-refractivity contribution in [2.75, 3.05) is 36.1 Å². The molecule has 2 aromatic rings. The fourth-order valence-corrected chi connectivity index (χ4v) is 3.36. The summed E-state index contributed by atoms with van der Waals surface area (Å²) in [5.74, 6) is 1.08. The number of rotatable bonds is 8. The first kappa shape index (κ1) is 21.2. The van der Waals surface area contributed by atoms with E-state index in [1.54, 1.807) is 34.1 Å². The van der Waals surface area contributed by atoms with Crippen LogP contribution in [0.1, 0.15) is 26.2 Å². The van der Waals surface area contributed by atoms with E-state index < -0.39 is 0 Å². The molecule has 2 aromatic carbocycles. The van der Waals surface area contributed by atoms with Crippen molar-refractivity contribution in [3.05, 3.63) is 48.5 Å². The van der Waals surface area contributed by atoms with Crippen LogP contribution in [0.3, 0.4) is 0 Å². The van der Waals surface area contributed by atoms with Gasteiger partial charge in [-0.05, 0) is 43.3 Å². The van der Waals surface area contributed by atoms with Gasteiger partial charge in [-0.3, -0.25) is 9.59 Å². The number of hydrogen-bond donors (Lipinski definition) is 0. The summed E-state index contributed by atoms with van der Waals surface area (Å²) in [5.41, 5.74) is 1.41. The first-order valence-electron chi connectivity index (χ1n) is 10.1. The van der Waals surface area contributed by atoms with Crippen LogP contribution in [-0.4, -0.2) is 38.1 Å². The average Bonchev–Trinajstić information content (AvgIpc) is 2.78. The van der Waals surface area contributed by atoms with Crippen LogP contribution >= 0.6 is 0 Å². The predicted octanol–water partition coefficient (Wildman–Crippen LogP) is 3.54. The molecule has 7 heteroatoms. The molecule has 0 unspecified atom stereocenters. The van der Waals surface area contributed by atoms with E-state index in [-0.39, 0.29) is 37.6 Å². The topological polar surface area (TPSA) is 82.9 Å². The second kappa shape index (κ2) is 10.3. The lowest BCUT2D eigenvalue weighted by atomic mass is 10.1. The lowest BCUT2D eigenvalue weighted by molar-refractivity contribution is -0.123. The molecule has 1 aliphatic rings. The first-order valence-corrected chi connectivity index (χ1v) is 10.1. The fourth-order valence-electron chi connectivity index (χ4n) is 3.36. The van der Waals surface area contributed by atoms with Gasteiger partial charge in [-0.25, -0.2) is 0 Å². The molecule has 30 heavy (non-hydrogen) atoms. The van der Waals surface area contributed by atoms with E-state index in [9.17, 15) is 9.59 Å².